The summed E-state index contributed by atoms with van der Waals surface area (Å²) < 4.78 is 1.79. The average Bonchev–Trinajstić information content (AvgIpc) is 2.59. The molecule has 84 valence electrons. The van der Waals surface area contributed by atoms with Gasteiger partial charge < -0.3 is 11.1 Å². The highest BCUT2D eigenvalue weighted by atomic mass is 15.2. The number of nitrogens with one attached hydrogen (secondary N) is 1. The molecule has 2 atom stereocenters. The van der Waals surface area contributed by atoms with Crippen LogP contribution in [0, 0.1) is 5.41 Å². The molecule has 0 aromatic carbocycles. The summed E-state index contributed by atoms with van der Waals surface area (Å²) in [6.45, 7) is 5.39. The Bertz CT molecular complexity index is 342. The standard InChI is InChI=1S/C11H20N4/c1-11(2)4-10(11)13-6-9(12)8-5-14-15(3)7-8/h5,7,9-10,13H,4,6,12H2,1-3H3. The van der Waals surface area contributed by atoms with Crippen molar-refractivity contribution < 1.29 is 0 Å². The second-order valence-corrected chi connectivity index (χ2v) is 5.21. The summed E-state index contributed by atoms with van der Waals surface area (Å²) in [4.78, 5) is 0. The van der Waals surface area contributed by atoms with Crippen molar-refractivity contribution in [3.63, 3.8) is 0 Å². The second kappa shape index (κ2) is 3.61. The van der Waals surface area contributed by atoms with E-state index < -0.39 is 0 Å². The first-order valence-corrected chi connectivity index (χ1v) is 5.46. The zero-order valence-corrected chi connectivity index (χ0v) is 9.70. The fourth-order valence-corrected chi connectivity index (χ4v) is 1.83. The molecular formula is C11H20N4. The number of aromatic nitrogens is 2. The Morgan fingerprint density at radius 3 is 2.87 bits per heavy atom. The SMILES string of the molecule is Cn1cc(C(N)CNC2CC2(C)C)cn1. The van der Waals surface area contributed by atoms with Gasteiger partial charge in [0.15, 0.2) is 0 Å². The number of hydrogen-bond donors (Lipinski definition) is 2. The van der Waals surface area contributed by atoms with Crippen molar-refractivity contribution >= 4 is 0 Å². The van der Waals surface area contributed by atoms with Gasteiger partial charge in [0.1, 0.15) is 0 Å². The van der Waals surface area contributed by atoms with Crippen LogP contribution in [-0.4, -0.2) is 22.4 Å². The minimum atomic E-state index is 0.0510. The lowest BCUT2D eigenvalue weighted by molar-refractivity contribution is 0.516. The van der Waals surface area contributed by atoms with E-state index in [0.717, 1.165) is 12.1 Å². The monoisotopic (exact) mass is 208 g/mol. The Balaban J connectivity index is 1.81. The van der Waals surface area contributed by atoms with Crippen molar-refractivity contribution in [1.82, 2.24) is 15.1 Å². The maximum atomic E-state index is 6.06. The number of nitrogens with zero attached hydrogens (tertiary/aromatic N) is 2. The summed E-state index contributed by atoms with van der Waals surface area (Å²) >= 11 is 0. The highest BCUT2D eigenvalue weighted by molar-refractivity contribution is 5.11. The lowest BCUT2D eigenvalue weighted by Gasteiger charge is -2.11. The molecule has 1 aromatic rings. The van der Waals surface area contributed by atoms with Crippen molar-refractivity contribution in [3.05, 3.63) is 18.0 Å². The minimum absolute atomic E-state index is 0.0510. The van der Waals surface area contributed by atoms with E-state index >= 15 is 0 Å². The molecule has 1 heterocycles. The number of aryl methyl sites for hydroxylation is 1. The normalized spacial score (nSPS) is 25.2. The van der Waals surface area contributed by atoms with Crippen molar-refractivity contribution in [2.24, 2.45) is 18.2 Å². The maximum absolute atomic E-state index is 6.06. The Labute approximate surface area is 90.8 Å². The van der Waals surface area contributed by atoms with Gasteiger partial charge in [-0.3, -0.25) is 4.68 Å². The van der Waals surface area contributed by atoms with Gasteiger partial charge in [0.05, 0.1) is 6.20 Å². The zero-order chi connectivity index (χ0) is 11.1. The van der Waals surface area contributed by atoms with Crippen LogP contribution < -0.4 is 11.1 Å². The van der Waals surface area contributed by atoms with E-state index in [1.165, 1.54) is 6.42 Å². The van der Waals surface area contributed by atoms with Gasteiger partial charge in [-0.25, -0.2) is 0 Å². The summed E-state index contributed by atoms with van der Waals surface area (Å²) in [5.74, 6) is 0. The molecule has 0 saturated heterocycles. The van der Waals surface area contributed by atoms with E-state index in [-0.39, 0.29) is 6.04 Å². The predicted octanol–water partition coefficient (Wildman–Crippen LogP) is 0.808. The first-order valence-electron chi connectivity index (χ1n) is 5.46. The highest BCUT2D eigenvalue weighted by Gasteiger charge is 2.45. The maximum Gasteiger partial charge on any atom is 0.0537 e. The largest absolute Gasteiger partial charge is 0.323 e. The van der Waals surface area contributed by atoms with E-state index in [1.807, 2.05) is 19.4 Å². The van der Waals surface area contributed by atoms with Crippen LogP contribution in [0.4, 0.5) is 0 Å². The van der Waals surface area contributed by atoms with Gasteiger partial charge in [0, 0.05) is 37.4 Å². The van der Waals surface area contributed by atoms with Crippen LogP contribution in [0.25, 0.3) is 0 Å². The van der Waals surface area contributed by atoms with Crippen LogP contribution in [0.15, 0.2) is 12.4 Å². The van der Waals surface area contributed by atoms with Gasteiger partial charge in [-0.05, 0) is 11.8 Å². The van der Waals surface area contributed by atoms with E-state index in [1.54, 1.807) is 4.68 Å². The molecule has 4 heteroatoms. The van der Waals surface area contributed by atoms with Gasteiger partial charge in [0.25, 0.3) is 0 Å². The zero-order valence-electron chi connectivity index (χ0n) is 9.70. The predicted molar refractivity (Wildman–Crippen MR) is 60.3 cm³/mol. The Morgan fingerprint density at radius 1 is 1.73 bits per heavy atom. The van der Waals surface area contributed by atoms with Crippen molar-refractivity contribution in [2.75, 3.05) is 6.54 Å². The van der Waals surface area contributed by atoms with Crippen LogP contribution in [-0.2, 0) is 7.05 Å². The molecule has 0 bridgehead atoms. The van der Waals surface area contributed by atoms with Gasteiger partial charge in [0.2, 0.25) is 0 Å². The molecule has 1 aromatic heterocycles. The quantitative estimate of drug-likeness (QED) is 0.770. The van der Waals surface area contributed by atoms with E-state index in [2.05, 4.69) is 24.3 Å². The van der Waals surface area contributed by atoms with E-state index in [0.29, 0.717) is 11.5 Å². The van der Waals surface area contributed by atoms with Crippen LogP contribution >= 0.6 is 0 Å². The minimum Gasteiger partial charge on any atom is -0.323 e. The molecule has 0 spiro atoms. The van der Waals surface area contributed by atoms with E-state index in [9.17, 15) is 0 Å². The molecule has 15 heavy (non-hydrogen) atoms. The number of rotatable bonds is 4. The van der Waals surface area contributed by atoms with Gasteiger partial charge in [-0.1, -0.05) is 13.8 Å². The number of nitrogens with two attached hydrogens (primary N) is 1. The molecule has 0 amide bonds. The molecule has 1 saturated carbocycles. The third-order valence-corrected chi connectivity index (χ3v) is 3.25. The van der Waals surface area contributed by atoms with Crippen molar-refractivity contribution in [1.29, 1.82) is 0 Å². The Kier molecular flexibility index (Phi) is 2.56. The molecular weight excluding hydrogens is 188 g/mol. The van der Waals surface area contributed by atoms with Crippen molar-refractivity contribution in [2.45, 2.75) is 32.4 Å². The van der Waals surface area contributed by atoms with Gasteiger partial charge in [-0.2, -0.15) is 5.10 Å². The molecule has 1 fully saturated rings. The van der Waals surface area contributed by atoms with Gasteiger partial charge >= 0.3 is 0 Å². The van der Waals surface area contributed by atoms with Crippen LogP contribution in [0.1, 0.15) is 31.9 Å². The average molecular weight is 208 g/mol. The summed E-state index contributed by atoms with van der Waals surface area (Å²) in [5, 5.41) is 7.61. The fraction of sp³-hybridized carbons (Fsp3) is 0.727. The summed E-state index contributed by atoms with van der Waals surface area (Å²) in [6, 6.07) is 0.690. The molecule has 1 aliphatic carbocycles. The van der Waals surface area contributed by atoms with Crippen LogP contribution in [0.5, 0.6) is 0 Å². The molecule has 2 unspecified atom stereocenters. The Morgan fingerprint density at radius 2 is 2.40 bits per heavy atom. The molecule has 0 aliphatic heterocycles. The third-order valence-electron chi connectivity index (χ3n) is 3.25. The number of hydrogen-bond acceptors (Lipinski definition) is 3. The molecule has 2 rings (SSSR count). The summed E-state index contributed by atoms with van der Waals surface area (Å²) in [5.41, 5.74) is 7.62. The van der Waals surface area contributed by atoms with E-state index in [4.69, 9.17) is 5.73 Å². The lowest BCUT2D eigenvalue weighted by Crippen LogP contribution is -2.30. The first kappa shape index (κ1) is 10.6. The summed E-state index contributed by atoms with van der Waals surface area (Å²) in [6.07, 6.45) is 5.07. The Hall–Kier alpha value is -0.870. The molecule has 4 nitrogen and oxygen atoms in total. The third kappa shape index (κ3) is 2.38. The summed E-state index contributed by atoms with van der Waals surface area (Å²) in [7, 11) is 1.91. The van der Waals surface area contributed by atoms with Crippen LogP contribution in [0.3, 0.4) is 0 Å². The van der Waals surface area contributed by atoms with Crippen LogP contribution in [0.2, 0.25) is 0 Å². The molecule has 1 aliphatic rings. The smallest absolute Gasteiger partial charge is 0.0537 e. The fourth-order valence-electron chi connectivity index (χ4n) is 1.83. The first-order chi connectivity index (χ1) is 6.99. The lowest BCUT2D eigenvalue weighted by atomic mass is 10.1. The topological polar surface area (TPSA) is 55.9 Å². The highest BCUT2D eigenvalue weighted by Crippen LogP contribution is 2.44. The molecule has 3 N–H and O–H groups in total. The van der Waals surface area contributed by atoms with Crippen molar-refractivity contribution in [3.8, 4) is 0 Å². The molecule has 0 radical (unpaired) electrons. The van der Waals surface area contributed by atoms with Gasteiger partial charge in [-0.15, -0.1) is 0 Å². The second-order valence-electron chi connectivity index (χ2n) is 5.21.